The Labute approximate surface area is 89.6 Å². The van der Waals surface area contributed by atoms with Crippen molar-refractivity contribution >= 4 is 11.6 Å². The minimum atomic E-state index is -0.934. The first kappa shape index (κ1) is 9.98. The van der Waals surface area contributed by atoms with E-state index in [-0.39, 0.29) is 11.0 Å². The maximum atomic E-state index is 12.9. The molecule has 2 rings (SSSR count). The Morgan fingerprint density at radius 1 is 1.07 bits per heavy atom. The fourth-order valence-electron chi connectivity index (χ4n) is 1.11. The maximum absolute atomic E-state index is 12.9. The largest absolute Gasteiger partial charge is 0.236 e. The summed E-state index contributed by atoms with van der Waals surface area (Å²) in [5.41, 5.74) is 0.386. The summed E-state index contributed by atoms with van der Waals surface area (Å²) in [7, 11) is 0. The van der Waals surface area contributed by atoms with E-state index in [0.717, 1.165) is 12.1 Å². The Morgan fingerprint density at radius 3 is 2.53 bits per heavy atom. The smallest absolute Gasteiger partial charge is 0.160 e. The van der Waals surface area contributed by atoms with Crippen LogP contribution in [0.5, 0.6) is 0 Å². The fraction of sp³-hybridized carbons (Fsp3) is 0. The van der Waals surface area contributed by atoms with Crippen molar-refractivity contribution in [2.75, 3.05) is 0 Å². The minimum Gasteiger partial charge on any atom is -0.236 e. The van der Waals surface area contributed by atoms with Crippen molar-refractivity contribution < 1.29 is 8.78 Å². The van der Waals surface area contributed by atoms with Gasteiger partial charge in [-0.1, -0.05) is 11.6 Å². The van der Waals surface area contributed by atoms with Gasteiger partial charge in [-0.15, -0.1) is 0 Å². The van der Waals surface area contributed by atoms with Gasteiger partial charge in [0.25, 0.3) is 0 Å². The lowest BCUT2D eigenvalue weighted by Crippen LogP contribution is -1.90. The van der Waals surface area contributed by atoms with Crippen molar-refractivity contribution in [2.45, 2.75) is 0 Å². The lowest BCUT2D eigenvalue weighted by atomic mass is 10.2. The SMILES string of the molecule is Fc1ccc(-c2nccc(Cl)n2)cc1F. The summed E-state index contributed by atoms with van der Waals surface area (Å²) < 4.78 is 25.6. The highest BCUT2D eigenvalue weighted by Crippen LogP contribution is 2.18. The predicted molar refractivity (Wildman–Crippen MR) is 52.4 cm³/mol. The van der Waals surface area contributed by atoms with Crippen LogP contribution < -0.4 is 0 Å². The number of halogens is 3. The van der Waals surface area contributed by atoms with Crippen molar-refractivity contribution in [3.63, 3.8) is 0 Å². The second kappa shape index (κ2) is 3.90. The molecule has 0 unspecified atom stereocenters. The molecule has 0 saturated heterocycles. The van der Waals surface area contributed by atoms with Gasteiger partial charge in [-0.25, -0.2) is 18.7 Å². The molecular formula is C10H5ClF2N2. The molecule has 0 aliphatic heterocycles. The molecule has 0 bridgehead atoms. The summed E-state index contributed by atoms with van der Waals surface area (Å²) in [5, 5.41) is 0.254. The van der Waals surface area contributed by atoms with Gasteiger partial charge in [0, 0.05) is 11.8 Å². The second-order valence-electron chi connectivity index (χ2n) is 2.83. The summed E-state index contributed by atoms with van der Waals surface area (Å²) in [6.07, 6.45) is 1.45. The van der Waals surface area contributed by atoms with Crippen molar-refractivity contribution in [1.29, 1.82) is 0 Å². The Balaban J connectivity index is 2.50. The molecule has 0 spiro atoms. The topological polar surface area (TPSA) is 25.8 Å². The molecule has 1 aromatic carbocycles. The molecule has 5 heteroatoms. The average Bonchev–Trinajstić information content (AvgIpc) is 2.22. The van der Waals surface area contributed by atoms with E-state index in [1.807, 2.05) is 0 Å². The minimum absolute atomic E-state index is 0.254. The quantitative estimate of drug-likeness (QED) is 0.699. The second-order valence-corrected chi connectivity index (χ2v) is 3.22. The third kappa shape index (κ3) is 2.10. The van der Waals surface area contributed by atoms with Crippen LogP contribution >= 0.6 is 11.6 Å². The first-order valence-electron chi connectivity index (χ1n) is 4.11. The van der Waals surface area contributed by atoms with E-state index in [4.69, 9.17) is 11.6 Å². The van der Waals surface area contributed by atoms with Gasteiger partial charge in [0.15, 0.2) is 17.5 Å². The maximum Gasteiger partial charge on any atom is 0.160 e. The van der Waals surface area contributed by atoms with Gasteiger partial charge in [0.05, 0.1) is 0 Å². The monoisotopic (exact) mass is 226 g/mol. The molecular weight excluding hydrogens is 222 g/mol. The number of benzene rings is 1. The highest BCUT2D eigenvalue weighted by atomic mass is 35.5. The third-order valence-electron chi connectivity index (χ3n) is 1.80. The van der Waals surface area contributed by atoms with E-state index in [1.165, 1.54) is 18.3 Å². The summed E-state index contributed by atoms with van der Waals surface area (Å²) >= 11 is 5.65. The number of nitrogens with zero attached hydrogens (tertiary/aromatic N) is 2. The standard InChI is InChI=1S/C10H5ClF2N2/c11-9-3-4-14-10(15-9)6-1-2-7(12)8(13)5-6/h1-5H. The molecule has 0 amide bonds. The van der Waals surface area contributed by atoms with Crippen LogP contribution in [0.1, 0.15) is 0 Å². The highest BCUT2D eigenvalue weighted by molar-refractivity contribution is 6.29. The third-order valence-corrected chi connectivity index (χ3v) is 2.01. The Kier molecular flexibility index (Phi) is 2.60. The van der Waals surface area contributed by atoms with Crippen LogP contribution in [0.25, 0.3) is 11.4 Å². The zero-order valence-electron chi connectivity index (χ0n) is 7.42. The highest BCUT2D eigenvalue weighted by Gasteiger charge is 2.06. The Morgan fingerprint density at radius 2 is 1.87 bits per heavy atom. The van der Waals surface area contributed by atoms with Crippen molar-refractivity contribution in [3.8, 4) is 11.4 Å². The van der Waals surface area contributed by atoms with E-state index in [2.05, 4.69) is 9.97 Å². The molecule has 15 heavy (non-hydrogen) atoms. The van der Waals surface area contributed by atoms with Gasteiger partial charge < -0.3 is 0 Å². The normalized spacial score (nSPS) is 10.3. The number of hydrogen-bond donors (Lipinski definition) is 0. The van der Waals surface area contributed by atoms with Crippen molar-refractivity contribution in [2.24, 2.45) is 0 Å². The molecule has 0 aliphatic carbocycles. The van der Waals surface area contributed by atoms with Gasteiger partial charge in [0.1, 0.15) is 5.15 Å². The van der Waals surface area contributed by atoms with E-state index in [0.29, 0.717) is 5.56 Å². The first-order valence-corrected chi connectivity index (χ1v) is 4.48. The molecule has 2 nitrogen and oxygen atoms in total. The molecule has 0 saturated carbocycles. The van der Waals surface area contributed by atoms with Crippen LogP contribution in [0.3, 0.4) is 0 Å². The fourth-order valence-corrected chi connectivity index (χ4v) is 1.25. The van der Waals surface area contributed by atoms with Gasteiger partial charge in [-0.3, -0.25) is 0 Å². The Hall–Kier alpha value is -1.55. The van der Waals surface area contributed by atoms with E-state index < -0.39 is 11.6 Å². The van der Waals surface area contributed by atoms with Crippen LogP contribution in [0.4, 0.5) is 8.78 Å². The summed E-state index contributed by atoms with van der Waals surface area (Å²) in [6, 6.07) is 4.95. The molecule has 0 fully saturated rings. The number of rotatable bonds is 1. The number of aromatic nitrogens is 2. The van der Waals surface area contributed by atoms with E-state index >= 15 is 0 Å². The van der Waals surface area contributed by atoms with Crippen LogP contribution in [-0.2, 0) is 0 Å². The predicted octanol–water partition coefficient (Wildman–Crippen LogP) is 3.08. The van der Waals surface area contributed by atoms with Crippen LogP contribution in [0.2, 0.25) is 5.15 Å². The van der Waals surface area contributed by atoms with Gasteiger partial charge >= 0.3 is 0 Å². The lowest BCUT2D eigenvalue weighted by Gasteiger charge is -2.00. The molecule has 0 aliphatic rings. The molecule has 1 aromatic heterocycles. The van der Waals surface area contributed by atoms with Crippen LogP contribution in [-0.4, -0.2) is 9.97 Å². The molecule has 0 atom stereocenters. The molecule has 0 N–H and O–H groups in total. The van der Waals surface area contributed by atoms with Gasteiger partial charge in [-0.05, 0) is 24.3 Å². The summed E-state index contributed by atoms with van der Waals surface area (Å²) in [4.78, 5) is 7.78. The van der Waals surface area contributed by atoms with Crippen molar-refractivity contribution in [3.05, 3.63) is 47.2 Å². The van der Waals surface area contributed by atoms with Crippen LogP contribution in [0, 0.1) is 11.6 Å². The molecule has 2 aromatic rings. The first-order chi connectivity index (χ1) is 7.16. The Bertz CT molecular complexity index is 503. The zero-order valence-corrected chi connectivity index (χ0v) is 8.17. The van der Waals surface area contributed by atoms with Gasteiger partial charge in [0.2, 0.25) is 0 Å². The molecule has 76 valence electrons. The summed E-state index contributed by atoms with van der Waals surface area (Å²) in [6.45, 7) is 0. The number of hydrogen-bond acceptors (Lipinski definition) is 2. The lowest BCUT2D eigenvalue weighted by molar-refractivity contribution is 0.509. The molecule has 1 heterocycles. The van der Waals surface area contributed by atoms with Crippen molar-refractivity contribution in [1.82, 2.24) is 9.97 Å². The van der Waals surface area contributed by atoms with E-state index in [1.54, 1.807) is 0 Å². The average molecular weight is 227 g/mol. The van der Waals surface area contributed by atoms with Gasteiger partial charge in [-0.2, -0.15) is 0 Å². The molecule has 0 radical (unpaired) electrons. The zero-order chi connectivity index (χ0) is 10.8. The van der Waals surface area contributed by atoms with Crippen LogP contribution in [0.15, 0.2) is 30.5 Å². The van der Waals surface area contributed by atoms with E-state index in [9.17, 15) is 8.78 Å². The summed E-state index contributed by atoms with van der Waals surface area (Å²) in [5.74, 6) is -1.57.